The first-order chi connectivity index (χ1) is 8.65. The van der Waals surface area contributed by atoms with E-state index < -0.39 is 0 Å². The van der Waals surface area contributed by atoms with Gasteiger partial charge < -0.3 is 10.6 Å². The van der Waals surface area contributed by atoms with Crippen LogP contribution >= 0.6 is 28.1 Å². The Morgan fingerprint density at radius 2 is 2.06 bits per heavy atom. The van der Waals surface area contributed by atoms with Crippen molar-refractivity contribution in [2.75, 3.05) is 5.32 Å². The second-order valence-electron chi connectivity index (χ2n) is 3.76. The van der Waals surface area contributed by atoms with Crippen molar-refractivity contribution in [1.29, 1.82) is 0 Å². The molecule has 0 unspecified atom stereocenters. The predicted molar refractivity (Wildman–Crippen MR) is 80.4 cm³/mol. The van der Waals surface area contributed by atoms with E-state index in [1.165, 1.54) is 0 Å². The molecule has 1 aromatic carbocycles. The molecule has 0 fully saturated rings. The van der Waals surface area contributed by atoms with Gasteiger partial charge in [-0.2, -0.15) is 5.10 Å². The van der Waals surface area contributed by atoms with Crippen LogP contribution in [0.1, 0.15) is 5.69 Å². The van der Waals surface area contributed by atoms with E-state index in [1.807, 2.05) is 42.1 Å². The Bertz CT molecular complexity index is 535. The number of aromatic nitrogens is 2. The van der Waals surface area contributed by atoms with Crippen LogP contribution in [-0.2, 0) is 13.6 Å². The second-order valence-corrected chi connectivity index (χ2v) is 5.08. The molecule has 0 aliphatic rings. The maximum Gasteiger partial charge on any atom is 0.171 e. The van der Waals surface area contributed by atoms with Gasteiger partial charge in [0.25, 0.3) is 0 Å². The highest BCUT2D eigenvalue weighted by Gasteiger charge is 2.00. The first-order valence-corrected chi connectivity index (χ1v) is 6.62. The van der Waals surface area contributed by atoms with Gasteiger partial charge in [0.05, 0.1) is 12.2 Å². The number of benzene rings is 1. The van der Waals surface area contributed by atoms with Crippen LogP contribution < -0.4 is 10.6 Å². The molecule has 6 heteroatoms. The van der Waals surface area contributed by atoms with Crippen molar-refractivity contribution in [2.45, 2.75) is 6.54 Å². The van der Waals surface area contributed by atoms with Gasteiger partial charge in [0, 0.05) is 23.4 Å². The number of anilines is 1. The Morgan fingerprint density at radius 1 is 1.33 bits per heavy atom. The zero-order valence-corrected chi connectivity index (χ0v) is 12.3. The Balaban J connectivity index is 1.86. The van der Waals surface area contributed by atoms with Gasteiger partial charge >= 0.3 is 0 Å². The highest BCUT2D eigenvalue weighted by molar-refractivity contribution is 9.10. The normalized spacial score (nSPS) is 10.1. The Morgan fingerprint density at radius 3 is 2.67 bits per heavy atom. The van der Waals surface area contributed by atoms with E-state index in [-0.39, 0.29) is 0 Å². The van der Waals surface area contributed by atoms with E-state index >= 15 is 0 Å². The first kappa shape index (κ1) is 13.0. The van der Waals surface area contributed by atoms with E-state index in [0.29, 0.717) is 11.7 Å². The molecular formula is C12H13BrN4S. The quantitative estimate of drug-likeness (QED) is 0.852. The van der Waals surface area contributed by atoms with E-state index in [2.05, 4.69) is 31.7 Å². The number of nitrogens with zero attached hydrogens (tertiary/aromatic N) is 2. The summed E-state index contributed by atoms with van der Waals surface area (Å²) >= 11 is 8.61. The summed E-state index contributed by atoms with van der Waals surface area (Å²) in [4.78, 5) is 0. The molecule has 1 heterocycles. The van der Waals surface area contributed by atoms with Crippen molar-refractivity contribution in [2.24, 2.45) is 7.05 Å². The Labute approximate surface area is 120 Å². The lowest BCUT2D eigenvalue weighted by atomic mass is 10.3. The minimum atomic E-state index is 0.596. The van der Waals surface area contributed by atoms with Crippen molar-refractivity contribution in [3.8, 4) is 0 Å². The monoisotopic (exact) mass is 324 g/mol. The van der Waals surface area contributed by atoms with Crippen molar-refractivity contribution in [1.82, 2.24) is 15.1 Å². The molecule has 18 heavy (non-hydrogen) atoms. The summed E-state index contributed by atoms with van der Waals surface area (Å²) < 4.78 is 2.86. The highest BCUT2D eigenvalue weighted by atomic mass is 79.9. The highest BCUT2D eigenvalue weighted by Crippen LogP contribution is 2.13. The van der Waals surface area contributed by atoms with Crippen LogP contribution in [0, 0.1) is 0 Å². The zero-order valence-electron chi connectivity index (χ0n) is 9.85. The van der Waals surface area contributed by atoms with Crippen LogP contribution in [0.4, 0.5) is 5.69 Å². The minimum Gasteiger partial charge on any atom is -0.357 e. The van der Waals surface area contributed by atoms with Crippen molar-refractivity contribution in [3.63, 3.8) is 0 Å². The molecule has 94 valence electrons. The number of halogens is 1. The molecule has 2 N–H and O–H groups in total. The van der Waals surface area contributed by atoms with Gasteiger partial charge in [-0.3, -0.25) is 4.68 Å². The fourth-order valence-corrected chi connectivity index (χ4v) is 1.91. The third-order valence-corrected chi connectivity index (χ3v) is 3.23. The number of rotatable bonds is 3. The fourth-order valence-electron chi connectivity index (χ4n) is 1.45. The molecule has 0 spiro atoms. The summed E-state index contributed by atoms with van der Waals surface area (Å²) in [5.74, 6) is 0. The minimum absolute atomic E-state index is 0.596. The smallest absolute Gasteiger partial charge is 0.171 e. The van der Waals surface area contributed by atoms with Crippen LogP contribution in [0.15, 0.2) is 41.0 Å². The molecule has 0 aliphatic heterocycles. The van der Waals surface area contributed by atoms with Crippen LogP contribution in [0.5, 0.6) is 0 Å². The Kier molecular flexibility index (Phi) is 4.33. The molecule has 1 aromatic heterocycles. The van der Waals surface area contributed by atoms with Gasteiger partial charge in [0.1, 0.15) is 0 Å². The van der Waals surface area contributed by atoms with Crippen LogP contribution in [0.3, 0.4) is 0 Å². The molecule has 0 amide bonds. The van der Waals surface area contributed by atoms with Gasteiger partial charge in [-0.1, -0.05) is 15.9 Å². The summed E-state index contributed by atoms with van der Waals surface area (Å²) in [5.41, 5.74) is 2.04. The molecule has 2 rings (SSSR count). The number of hydrogen-bond donors (Lipinski definition) is 2. The summed E-state index contributed by atoms with van der Waals surface area (Å²) in [6.07, 6.45) is 1.77. The Hall–Kier alpha value is -1.40. The van der Waals surface area contributed by atoms with Crippen molar-refractivity contribution >= 4 is 38.9 Å². The summed E-state index contributed by atoms with van der Waals surface area (Å²) in [6.45, 7) is 0.652. The lowest BCUT2D eigenvalue weighted by Crippen LogP contribution is -2.28. The van der Waals surface area contributed by atoms with E-state index in [0.717, 1.165) is 15.9 Å². The molecule has 0 atom stereocenters. The molecule has 0 bridgehead atoms. The maximum absolute atomic E-state index is 5.22. The fraction of sp³-hybridized carbons (Fsp3) is 0.167. The SMILES string of the molecule is Cn1nccc1CNC(=S)Nc1ccc(Br)cc1. The van der Waals surface area contributed by atoms with Gasteiger partial charge in [0.15, 0.2) is 5.11 Å². The van der Waals surface area contributed by atoms with Gasteiger partial charge in [-0.25, -0.2) is 0 Å². The van der Waals surface area contributed by atoms with Crippen molar-refractivity contribution in [3.05, 3.63) is 46.7 Å². The van der Waals surface area contributed by atoms with Gasteiger partial charge in [0.2, 0.25) is 0 Å². The number of thiocarbonyl (C=S) groups is 1. The molecule has 0 radical (unpaired) electrons. The number of nitrogens with one attached hydrogen (secondary N) is 2. The largest absolute Gasteiger partial charge is 0.357 e. The van der Waals surface area contributed by atoms with Crippen LogP contribution in [-0.4, -0.2) is 14.9 Å². The van der Waals surface area contributed by atoms with Crippen LogP contribution in [0.25, 0.3) is 0 Å². The molecular weight excluding hydrogens is 312 g/mol. The zero-order chi connectivity index (χ0) is 13.0. The predicted octanol–water partition coefficient (Wildman–Crippen LogP) is 2.67. The van der Waals surface area contributed by atoms with Gasteiger partial charge in [-0.15, -0.1) is 0 Å². The standard InChI is InChI=1S/C12H13BrN4S/c1-17-11(6-7-15-17)8-14-12(18)16-10-4-2-9(13)3-5-10/h2-7H,8H2,1H3,(H2,14,16,18). The number of aryl methyl sites for hydroxylation is 1. The molecule has 0 saturated heterocycles. The van der Waals surface area contributed by atoms with Gasteiger partial charge in [-0.05, 0) is 42.5 Å². The summed E-state index contributed by atoms with van der Waals surface area (Å²) in [6, 6.07) is 9.80. The molecule has 4 nitrogen and oxygen atoms in total. The van der Waals surface area contributed by atoms with Crippen molar-refractivity contribution < 1.29 is 0 Å². The van der Waals surface area contributed by atoms with Crippen LogP contribution in [0.2, 0.25) is 0 Å². The molecule has 0 aliphatic carbocycles. The van der Waals surface area contributed by atoms with E-state index in [1.54, 1.807) is 6.20 Å². The third-order valence-electron chi connectivity index (χ3n) is 2.45. The lowest BCUT2D eigenvalue weighted by molar-refractivity contribution is 0.695. The second kappa shape index (κ2) is 5.97. The summed E-state index contributed by atoms with van der Waals surface area (Å²) in [5, 5.41) is 10.9. The summed E-state index contributed by atoms with van der Waals surface area (Å²) in [7, 11) is 1.90. The average Bonchev–Trinajstić information content (AvgIpc) is 2.75. The molecule has 2 aromatic rings. The van der Waals surface area contributed by atoms with E-state index in [9.17, 15) is 0 Å². The third kappa shape index (κ3) is 3.54. The maximum atomic E-state index is 5.22. The van der Waals surface area contributed by atoms with E-state index in [4.69, 9.17) is 12.2 Å². The lowest BCUT2D eigenvalue weighted by Gasteiger charge is -2.10. The molecule has 0 saturated carbocycles. The average molecular weight is 325 g/mol. The number of hydrogen-bond acceptors (Lipinski definition) is 2. The topological polar surface area (TPSA) is 41.9 Å². The first-order valence-electron chi connectivity index (χ1n) is 5.42.